The Labute approximate surface area is 119 Å². The molecule has 0 fully saturated rings. The van der Waals surface area contributed by atoms with Gasteiger partial charge in [0, 0.05) is 12.6 Å². The summed E-state index contributed by atoms with van der Waals surface area (Å²) in [6.45, 7) is 3.82. The lowest BCUT2D eigenvalue weighted by molar-refractivity contribution is -0.141. The van der Waals surface area contributed by atoms with Crippen LogP contribution in [0.25, 0.3) is 0 Å². The zero-order chi connectivity index (χ0) is 15.0. The summed E-state index contributed by atoms with van der Waals surface area (Å²) in [4.78, 5) is 22.3. The van der Waals surface area contributed by atoms with Gasteiger partial charge in [0.1, 0.15) is 0 Å². The topological polar surface area (TPSA) is 78.4 Å². The maximum atomic E-state index is 11.6. The van der Waals surface area contributed by atoms with E-state index in [9.17, 15) is 9.59 Å². The van der Waals surface area contributed by atoms with E-state index in [0.717, 1.165) is 12.8 Å². The van der Waals surface area contributed by atoms with Gasteiger partial charge in [-0.05, 0) is 32.3 Å². The van der Waals surface area contributed by atoms with E-state index >= 15 is 0 Å². The van der Waals surface area contributed by atoms with Crippen molar-refractivity contribution in [3.05, 3.63) is 35.9 Å². The van der Waals surface area contributed by atoms with Crippen LogP contribution in [0.15, 0.2) is 30.3 Å². The number of carbonyl (C=O) groups excluding carboxylic acids is 1. The lowest BCUT2D eigenvalue weighted by atomic mass is 10.0. The standard InChI is InChI=1S/C15H22N2O3/c1-11(14(18)19)12(2)17-15(20)16-10-6-9-13-7-4-3-5-8-13/h3-5,7-8,11-12H,6,9-10H2,1-2H3,(H,18,19)(H2,16,17,20). The summed E-state index contributed by atoms with van der Waals surface area (Å²) < 4.78 is 0. The lowest BCUT2D eigenvalue weighted by Gasteiger charge is -2.18. The Morgan fingerprint density at radius 1 is 1.20 bits per heavy atom. The van der Waals surface area contributed by atoms with Gasteiger partial charge in [0.15, 0.2) is 0 Å². The Morgan fingerprint density at radius 3 is 2.45 bits per heavy atom. The first kappa shape index (κ1) is 16.0. The molecule has 1 aromatic carbocycles. The number of carboxylic acids is 1. The average molecular weight is 278 g/mol. The number of urea groups is 1. The van der Waals surface area contributed by atoms with Crippen LogP contribution >= 0.6 is 0 Å². The Hall–Kier alpha value is -2.04. The predicted octanol–water partition coefficient (Wildman–Crippen LogP) is 2.03. The largest absolute Gasteiger partial charge is 0.481 e. The highest BCUT2D eigenvalue weighted by Gasteiger charge is 2.20. The molecule has 0 aliphatic heterocycles. The van der Waals surface area contributed by atoms with E-state index in [1.54, 1.807) is 13.8 Å². The Balaban J connectivity index is 2.19. The highest BCUT2D eigenvalue weighted by atomic mass is 16.4. The number of carboxylic acid groups (broad SMARTS) is 1. The molecule has 0 radical (unpaired) electrons. The first-order chi connectivity index (χ1) is 9.50. The van der Waals surface area contributed by atoms with E-state index in [1.165, 1.54) is 5.56 Å². The molecular weight excluding hydrogens is 256 g/mol. The summed E-state index contributed by atoms with van der Waals surface area (Å²) >= 11 is 0. The van der Waals surface area contributed by atoms with Crippen LogP contribution in [0.1, 0.15) is 25.8 Å². The minimum atomic E-state index is -0.915. The van der Waals surface area contributed by atoms with Gasteiger partial charge in [0.25, 0.3) is 0 Å². The highest BCUT2D eigenvalue weighted by molar-refractivity contribution is 5.76. The first-order valence-electron chi connectivity index (χ1n) is 6.82. The second-order valence-corrected chi connectivity index (χ2v) is 4.90. The number of carbonyl (C=O) groups is 2. The molecule has 0 aliphatic carbocycles. The molecule has 5 heteroatoms. The first-order valence-corrected chi connectivity index (χ1v) is 6.82. The van der Waals surface area contributed by atoms with Crippen molar-refractivity contribution in [3.8, 4) is 0 Å². The zero-order valence-electron chi connectivity index (χ0n) is 11.9. The molecule has 3 N–H and O–H groups in total. The summed E-state index contributed by atoms with van der Waals surface area (Å²) in [6.07, 6.45) is 1.75. The highest BCUT2D eigenvalue weighted by Crippen LogP contribution is 2.03. The Morgan fingerprint density at radius 2 is 1.85 bits per heavy atom. The maximum absolute atomic E-state index is 11.6. The number of benzene rings is 1. The van der Waals surface area contributed by atoms with E-state index in [-0.39, 0.29) is 6.03 Å². The van der Waals surface area contributed by atoms with Crippen LogP contribution in [-0.2, 0) is 11.2 Å². The van der Waals surface area contributed by atoms with Gasteiger partial charge in [0.05, 0.1) is 5.92 Å². The molecule has 0 spiro atoms. The van der Waals surface area contributed by atoms with E-state index in [1.807, 2.05) is 18.2 Å². The van der Waals surface area contributed by atoms with Crippen LogP contribution in [-0.4, -0.2) is 29.7 Å². The summed E-state index contributed by atoms with van der Waals surface area (Å²) in [7, 11) is 0. The summed E-state index contributed by atoms with van der Waals surface area (Å²) in [5.74, 6) is -1.52. The van der Waals surface area contributed by atoms with Crippen molar-refractivity contribution in [1.29, 1.82) is 0 Å². The number of aliphatic carboxylic acids is 1. The molecule has 0 saturated heterocycles. The summed E-state index contributed by atoms with van der Waals surface area (Å²) in [6, 6.07) is 9.34. The van der Waals surface area contributed by atoms with Crippen LogP contribution in [0.4, 0.5) is 4.79 Å². The molecular formula is C15H22N2O3. The molecule has 1 rings (SSSR count). The Kier molecular flexibility index (Phi) is 6.56. The number of amides is 2. The fourth-order valence-corrected chi connectivity index (χ4v) is 1.74. The second kappa shape index (κ2) is 8.19. The molecule has 0 heterocycles. The maximum Gasteiger partial charge on any atom is 0.315 e. The molecule has 0 saturated carbocycles. The van der Waals surface area contributed by atoms with Gasteiger partial charge in [-0.1, -0.05) is 30.3 Å². The molecule has 1 aromatic rings. The van der Waals surface area contributed by atoms with Gasteiger partial charge in [-0.3, -0.25) is 4.79 Å². The van der Waals surface area contributed by atoms with Crippen molar-refractivity contribution >= 4 is 12.0 Å². The second-order valence-electron chi connectivity index (χ2n) is 4.90. The van der Waals surface area contributed by atoms with Gasteiger partial charge in [0.2, 0.25) is 0 Å². The fraction of sp³-hybridized carbons (Fsp3) is 0.467. The molecule has 2 atom stereocenters. The van der Waals surface area contributed by atoms with Crippen LogP contribution in [0.2, 0.25) is 0 Å². The van der Waals surface area contributed by atoms with E-state index in [4.69, 9.17) is 5.11 Å². The number of aryl methyl sites for hydroxylation is 1. The smallest absolute Gasteiger partial charge is 0.315 e. The molecule has 0 aromatic heterocycles. The summed E-state index contributed by atoms with van der Waals surface area (Å²) in [5, 5.41) is 14.2. The fourth-order valence-electron chi connectivity index (χ4n) is 1.74. The van der Waals surface area contributed by atoms with Crippen molar-refractivity contribution in [2.75, 3.05) is 6.54 Å². The van der Waals surface area contributed by atoms with Crippen molar-refractivity contribution in [1.82, 2.24) is 10.6 Å². The van der Waals surface area contributed by atoms with Gasteiger partial charge in [-0.15, -0.1) is 0 Å². The zero-order valence-corrected chi connectivity index (χ0v) is 11.9. The average Bonchev–Trinajstić information content (AvgIpc) is 2.43. The van der Waals surface area contributed by atoms with E-state index < -0.39 is 17.9 Å². The normalized spacial score (nSPS) is 13.3. The molecule has 0 aliphatic rings. The van der Waals surface area contributed by atoms with Gasteiger partial charge in [-0.25, -0.2) is 4.79 Å². The molecule has 20 heavy (non-hydrogen) atoms. The Bertz CT molecular complexity index is 434. The van der Waals surface area contributed by atoms with Crippen molar-refractivity contribution in [2.45, 2.75) is 32.7 Å². The van der Waals surface area contributed by atoms with Crippen molar-refractivity contribution < 1.29 is 14.7 Å². The third-order valence-electron chi connectivity index (χ3n) is 3.27. The monoisotopic (exact) mass is 278 g/mol. The van der Waals surface area contributed by atoms with Crippen LogP contribution in [0.3, 0.4) is 0 Å². The minimum absolute atomic E-state index is 0.321. The van der Waals surface area contributed by atoms with Gasteiger partial charge in [-0.2, -0.15) is 0 Å². The summed E-state index contributed by atoms with van der Waals surface area (Å²) in [5.41, 5.74) is 1.24. The SMILES string of the molecule is CC(NC(=O)NCCCc1ccccc1)C(C)C(=O)O. The molecule has 5 nitrogen and oxygen atoms in total. The minimum Gasteiger partial charge on any atom is -0.481 e. The van der Waals surface area contributed by atoms with Gasteiger partial charge < -0.3 is 15.7 Å². The lowest BCUT2D eigenvalue weighted by Crippen LogP contribution is -2.45. The van der Waals surface area contributed by atoms with Gasteiger partial charge >= 0.3 is 12.0 Å². The third-order valence-corrected chi connectivity index (χ3v) is 3.27. The van der Waals surface area contributed by atoms with Crippen LogP contribution < -0.4 is 10.6 Å². The van der Waals surface area contributed by atoms with E-state index in [0.29, 0.717) is 6.54 Å². The predicted molar refractivity (Wildman–Crippen MR) is 77.6 cm³/mol. The number of rotatable bonds is 7. The molecule has 2 unspecified atom stereocenters. The van der Waals surface area contributed by atoms with Crippen LogP contribution in [0.5, 0.6) is 0 Å². The quantitative estimate of drug-likeness (QED) is 0.668. The number of hydrogen-bond donors (Lipinski definition) is 3. The third kappa shape index (κ3) is 5.73. The van der Waals surface area contributed by atoms with E-state index in [2.05, 4.69) is 22.8 Å². The molecule has 2 amide bonds. The number of hydrogen-bond acceptors (Lipinski definition) is 2. The molecule has 110 valence electrons. The van der Waals surface area contributed by atoms with Crippen molar-refractivity contribution in [2.24, 2.45) is 5.92 Å². The number of nitrogens with one attached hydrogen (secondary N) is 2. The van der Waals surface area contributed by atoms with Crippen molar-refractivity contribution in [3.63, 3.8) is 0 Å². The molecule has 0 bridgehead atoms. The van der Waals surface area contributed by atoms with Crippen LogP contribution in [0, 0.1) is 5.92 Å².